The topological polar surface area (TPSA) is 61.9 Å². The van der Waals surface area contributed by atoms with Crippen LogP contribution in [0.5, 0.6) is 0 Å². The molecule has 5 heteroatoms. The minimum atomic E-state index is -0.00439. The summed E-state index contributed by atoms with van der Waals surface area (Å²) in [5, 5.41) is 6.65. The Morgan fingerprint density at radius 1 is 1.12 bits per heavy atom. The van der Waals surface area contributed by atoms with Gasteiger partial charge in [-0.25, -0.2) is 0 Å². The Hall–Kier alpha value is -2.95. The van der Waals surface area contributed by atoms with E-state index in [9.17, 15) is 4.79 Å². The highest BCUT2D eigenvalue weighted by molar-refractivity contribution is 5.92. The molecular formula is C20H20N4O. The van der Waals surface area contributed by atoms with Crippen LogP contribution in [0.4, 0.5) is 0 Å². The molecule has 0 aliphatic carbocycles. The molecule has 0 bridgehead atoms. The largest absolute Gasteiger partial charge is 0.329 e. The summed E-state index contributed by atoms with van der Waals surface area (Å²) >= 11 is 0. The molecule has 1 amide bonds. The number of nitrogens with zero attached hydrogens (tertiary/aromatic N) is 3. The molecule has 0 saturated carbocycles. The zero-order valence-electron chi connectivity index (χ0n) is 13.9. The number of carbonyl (C=O) groups excluding carboxylic acids is 1. The first kappa shape index (κ1) is 15.6. The van der Waals surface area contributed by atoms with E-state index < -0.39 is 0 Å². The number of hydrogen-bond donors (Lipinski definition) is 1. The molecule has 0 radical (unpaired) electrons. The number of carbonyl (C=O) groups is 1. The second-order valence-electron chi connectivity index (χ2n) is 6.34. The van der Waals surface area contributed by atoms with E-state index in [0.29, 0.717) is 5.69 Å². The summed E-state index contributed by atoms with van der Waals surface area (Å²) in [7, 11) is 0. The van der Waals surface area contributed by atoms with Crippen LogP contribution in [0.1, 0.15) is 46.3 Å². The summed E-state index contributed by atoms with van der Waals surface area (Å²) in [5.41, 5.74) is 3.78. The highest BCUT2D eigenvalue weighted by Crippen LogP contribution is 2.32. The highest BCUT2D eigenvalue weighted by atomic mass is 16.2. The Labute approximate surface area is 146 Å². The van der Waals surface area contributed by atoms with Gasteiger partial charge in [-0.15, -0.1) is 0 Å². The summed E-state index contributed by atoms with van der Waals surface area (Å²) in [6.07, 6.45) is 4.35. The van der Waals surface area contributed by atoms with Crippen molar-refractivity contribution in [2.24, 2.45) is 0 Å². The van der Waals surface area contributed by atoms with Gasteiger partial charge in [-0.3, -0.25) is 14.9 Å². The number of benzene rings is 1. The van der Waals surface area contributed by atoms with Crippen LogP contribution in [0.3, 0.4) is 0 Å². The standard InChI is InChI=1S/C20H20N4O/c25-20(18-11-12-21-23-18)24-13-5-10-19(24)17-9-4-8-16(22-17)14-15-6-2-1-3-7-15/h1-4,6-9,11-12,19H,5,10,13-14H2,(H,21,23)/t19-/m0/s1. The highest BCUT2D eigenvalue weighted by Gasteiger charge is 2.32. The third-order valence-corrected chi connectivity index (χ3v) is 4.64. The fourth-order valence-corrected chi connectivity index (χ4v) is 3.43. The van der Waals surface area contributed by atoms with E-state index in [1.165, 1.54) is 5.56 Å². The number of nitrogens with one attached hydrogen (secondary N) is 1. The maximum Gasteiger partial charge on any atom is 0.272 e. The van der Waals surface area contributed by atoms with Crippen molar-refractivity contribution in [2.45, 2.75) is 25.3 Å². The lowest BCUT2D eigenvalue weighted by atomic mass is 10.1. The van der Waals surface area contributed by atoms with Gasteiger partial charge >= 0.3 is 0 Å². The van der Waals surface area contributed by atoms with Crippen molar-refractivity contribution >= 4 is 5.91 Å². The summed E-state index contributed by atoms with van der Waals surface area (Å²) in [6.45, 7) is 0.757. The molecule has 3 heterocycles. The molecule has 2 aromatic heterocycles. The average molecular weight is 332 g/mol. The maximum atomic E-state index is 12.7. The molecule has 1 aliphatic rings. The van der Waals surface area contributed by atoms with Gasteiger partial charge in [0, 0.05) is 24.9 Å². The lowest BCUT2D eigenvalue weighted by Crippen LogP contribution is -2.31. The van der Waals surface area contributed by atoms with E-state index in [2.05, 4.69) is 22.3 Å². The van der Waals surface area contributed by atoms with E-state index in [-0.39, 0.29) is 11.9 Å². The number of hydrogen-bond acceptors (Lipinski definition) is 3. The predicted octanol–water partition coefficient (Wildman–Crippen LogP) is 3.37. The van der Waals surface area contributed by atoms with Crippen LogP contribution in [0.15, 0.2) is 60.8 Å². The van der Waals surface area contributed by atoms with Gasteiger partial charge in [0.15, 0.2) is 0 Å². The van der Waals surface area contributed by atoms with Crippen molar-refractivity contribution in [1.82, 2.24) is 20.1 Å². The predicted molar refractivity (Wildman–Crippen MR) is 95.1 cm³/mol. The molecule has 1 fully saturated rings. The number of aromatic amines is 1. The molecule has 1 saturated heterocycles. The molecule has 3 aromatic rings. The third-order valence-electron chi connectivity index (χ3n) is 4.64. The second-order valence-corrected chi connectivity index (χ2v) is 6.34. The quantitative estimate of drug-likeness (QED) is 0.797. The van der Waals surface area contributed by atoms with Crippen LogP contribution >= 0.6 is 0 Å². The van der Waals surface area contributed by atoms with E-state index in [1.807, 2.05) is 41.3 Å². The first-order valence-electron chi connectivity index (χ1n) is 8.61. The minimum absolute atomic E-state index is 0.00439. The Bertz CT molecular complexity index is 845. The SMILES string of the molecule is O=C(c1ccn[nH]1)N1CCC[C@H]1c1cccc(Cc2ccccc2)n1. The Balaban J connectivity index is 1.56. The van der Waals surface area contributed by atoms with Gasteiger partial charge in [0.25, 0.3) is 5.91 Å². The molecule has 1 atom stereocenters. The van der Waals surface area contributed by atoms with Crippen molar-refractivity contribution in [3.8, 4) is 0 Å². The van der Waals surface area contributed by atoms with Crippen LogP contribution < -0.4 is 0 Å². The van der Waals surface area contributed by atoms with Gasteiger partial charge in [-0.1, -0.05) is 36.4 Å². The van der Waals surface area contributed by atoms with Crippen LogP contribution in [0, 0.1) is 0 Å². The van der Waals surface area contributed by atoms with E-state index in [0.717, 1.165) is 37.2 Å². The molecular weight excluding hydrogens is 312 g/mol. The molecule has 25 heavy (non-hydrogen) atoms. The van der Waals surface area contributed by atoms with Gasteiger partial charge < -0.3 is 4.90 Å². The number of aromatic nitrogens is 3. The summed E-state index contributed by atoms with van der Waals surface area (Å²) < 4.78 is 0. The Kier molecular flexibility index (Phi) is 4.29. The van der Waals surface area contributed by atoms with Crippen molar-refractivity contribution in [1.29, 1.82) is 0 Å². The number of likely N-dealkylation sites (tertiary alicyclic amines) is 1. The first-order valence-corrected chi connectivity index (χ1v) is 8.61. The molecule has 1 aliphatic heterocycles. The Morgan fingerprint density at radius 2 is 2.00 bits per heavy atom. The van der Waals surface area contributed by atoms with Crippen LogP contribution in [0.2, 0.25) is 0 Å². The Morgan fingerprint density at radius 3 is 2.80 bits per heavy atom. The second kappa shape index (κ2) is 6.89. The van der Waals surface area contributed by atoms with Crippen molar-refractivity contribution < 1.29 is 4.79 Å². The van der Waals surface area contributed by atoms with E-state index >= 15 is 0 Å². The van der Waals surface area contributed by atoms with E-state index in [1.54, 1.807) is 12.3 Å². The zero-order chi connectivity index (χ0) is 17.1. The molecule has 1 aromatic carbocycles. The maximum absolute atomic E-state index is 12.7. The first-order chi connectivity index (χ1) is 12.3. The number of pyridine rings is 1. The van der Waals surface area contributed by atoms with Crippen molar-refractivity contribution in [3.63, 3.8) is 0 Å². The normalized spacial score (nSPS) is 17.0. The molecule has 1 N–H and O–H groups in total. The zero-order valence-corrected chi connectivity index (χ0v) is 13.9. The lowest BCUT2D eigenvalue weighted by molar-refractivity contribution is 0.0726. The molecule has 5 nitrogen and oxygen atoms in total. The third kappa shape index (κ3) is 3.31. The average Bonchev–Trinajstić information content (AvgIpc) is 3.34. The monoisotopic (exact) mass is 332 g/mol. The summed E-state index contributed by atoms with van der Waals surface area (Å²) in [6, 6.07) is 18.2. The minimum Gasteiger partial charge on any atom is -0.329 e. The number of amides is 1. The van der Waals surface area contributed by atoms with Gasteiger partial charge in [-0.2, -0.15) is 5.10 Å². The smallest absolute Gasteiger partial charge is 0.272 e. The molecule has 126 valence electrons. The molecule has 0 unspecified atom stereocenters. The van der Waals surface area contributed by atoms with Crippen molar-refractivity contribution in [3.05, 3.63) is 83.4 Å². The fraction of sp³-hybridized carbons (Fsp3) is 0.250. The number of H-pyrrole nitrogens is 1. The van der Waals surface area contributed by atoms with Gasteiger partial charge in [0.1, 0.15) is 5.69 Å². The van der Waals surface area contributed by atoms with Gasteiger partial charge in [-0.05, 0) is 36.6 Å². The van der Waals surface area contributed by atoms with Crippen molar-refractivity contribution in [2.75, 3.05) is 6.54 Å². The van der Waals surface area contributed by atoms with Gasteiger partial charge in [0.05, 0.1) is 11.7 Å². The summed E-state index contributed by atoms with van der Waals surface area (Å²) in [4.78, 5) is 19.4. The van der Waals surface area contributed by atoms with E-state index in [4.69, 9.17) is 4.98 Å². The lowest BCUT2D eigenvalue weighted by Gasteiger charge is -2.24. The number of rotatable bonds is 4. The summed E-state index contributed by atoms with van der Waals surface area (Å²) in [5.74, 6) is -0.00439. The molecule has 4 rings (SSSR count). The fourth-order valence-electron chi connectivity index (χ4n) is 3.43. The van der Waals surface area contributed by atoms with Crippen LogP contribution in [-0.4, -0.2) is 32.5 Å². The molecule has 0 spiro atoms. The van der Waals surface area contributed by atoms with Crippen LogP contribution in [-0.2, 0) is 6.42 Å². The van der Waals surface area contributed by atoms with Crippen LogP contribution in [0.25, 0.3) is 0 Å². The van der Waals surface area contributed by atoms with Gasteiger partial charge in [0.2, 0.25) is 0 Å².